The molecule has 1 amide bonds. The predicted molar refractivity (Wildman–Crippen MR) is 116 cm³/mol. The van der Waals surface area contributed by atoms with Crippen LogP contribution in [0.1, 0.15) is 52.0 Å². The summed E-state index contributed by atoms with van der Waals surface area (Å²) in [5.41, 5.74) is 6.21. The zero-order valence-corrected chi connectivity index (χ0v) is 17.5. The number of nitrogens with zero attached hydrogens (tertiary/aromatic N) is 4. The number of aromatic nitrogens is 2. The largest absolute Gasteiger partial charge is 0.341 e. The molecule has 156 valence electrons. The van der Waals surface area contributed by atoms with Crippen molar-refractivity contribution < 1.29 is 10.0 Å². The maximum Gasteiger partial charge on any atom is 0.296 e. The van der Waals surface area contributed by atoms with E-state index in [9.17, 15) is 10.0 Å². The van der Waals surface area contributed by atoms with Crippen LogP contribution < -0.4 is 0 Å². The van der Waals surface area contributed by atoms with Crippen molar-refractivity contribution in [1.29, 1.82) is 0 Å². The first-order valence-electron chi connectivity index (χ1n) is 10.9. The van der Waals surface area contributed by atoms with Crippen LogP contribution in [0.3, 0.4) is 0 Å². The van der Waals surface area contributed by atoms with E-state index in [-0.39, 0.29) is 0 Å². The van der Waals surface area contributed by atoms with Gasteiger partial charge in [0.05, 0.1) is 18.3 Å². The van der Waals surface area contributed by atoms with Gasteiger partial charge in [-0.1, -0.05) is 36.2 Å². The predicted octanol–water partition coefficient (Wildman–Crippen LogP) is 3.77. The molecule has 1 N–H and O–H groups in total. The van der Waals surface area contributed by atoms with Crippen molar-refractivity contribution in [2.45, 2.75) is 45.7 Å². The minimum atomic E-state index is -0.395. The molecule has 6 heteroatoms. The van der Waals surface area contributed by atoms with E-state index in [1.54, 1.807) is 6.20 Å². The van der Waals surface area contributed by atoms with Gasteiger partial charge in [0.25, 0.3) is 5.91 Å². The molecule has 30 heavy (non-hydrogen) atoms. The number of piperidine rings is 1. The number of rotatable bonds is 4. The number of hydrogen-bond acceptors (Lipinski definition) is 4. The van der Waals surface area contributed by atoms with E-state index < -0.39 is 5.91 Å². The molecule has 1 aromatic carbocycles. The first-order valence-corrected chi connectivity index (χ1v) is 10.9. The monoisotopic (exact) mass is 404 g/mol. The van der Waals surface area contributed by atoms with E-state index in [0.717, 1.165) is 47.7 Å². The van der Waals surface area contributed by atoms with Crippen LogP contribution in [-0.2, 0) is 19.5 Å². The number of pyridine rings is 1. The molecule has 1 fully saturated rings. The van der Waals surface area contributed by atoms with Crippen molar-refractivity contribution in [2.24, 2.45) is 0 Å². The molecule has 0 aliphatic carbocycles. The van der Waals surface area contributed by atoms with Gasteiger partial charge in [0, 0.05) is 24.7 Å². The Balaban J connectivity index is 1.60. The lowest BCUT2D eigenvalue weighted by atomic mass is 9.98. The zero-order valence-electron chi connectivity index (χ0n) is 17.5. The summed E-state index contributed by atoms with van der Waals surface area (Å²) in [5, 5.41) is 11.8. The topological polar surface area (TPSA) is 61.6 Å². The fourth-order valence-corrected chi connectivity index (χ4v) is 4.81. The Labute approximate surface area is 176 Å². The molecule has 2 aliphatic heterocycles. The smallest absolute Gasteiger partial charge is 0.296 e. The van der Waals surface area contributed by atoms with Gasteiger partial charge in [0.2, 0.25) is 0 Å². The minimum absolute atomic E-state index is 0.318. The highest BCUT2D eigenvalue weighted by Crippen LogP contribution is 2.31. The van der Waals surface area contributed by atoms with Crippen LogP contribution in [0.15, 0.2) is 36.7 Å². The van der Waals surface area contributed by atoms with Gasteiger partial charge in [-0.05, 0) is 56.0 Å². The van der Waals surface area contributed by atoms with E-state index in [4.69, 9.17) is 0 Å². The number of amides is 1. The summed E-state index contributed by atoms with van der Waals surface area (Å²) in [6, 6.07) is 8.63. The molecule has 2 aliphatic rings. The average Bonchev–Trinajstić information content (AvgIpc) is 3.10. The van der Waals surface area contributed by atoms with Crippen molar-refractivity contribution >= 4 is 16.8 Å². The van der Waals surface area contributed by atoms with Crippen LogP contribution in [0, 0.1) is 6.92 Å². The normalized spacial score (nSPS) is 17.5. The summed E-state index contributed by atoms with van der Waals surface area (Å²) in [4.78, 5) is 19.5. The average molecular weight is 405 g/mol. The molecule has 5 rings (SSSR count). The Morgan fingerprint density at radius 2 is 1.80 bits per heavy atom. The number of likely N-dealkylation sites (tertiary alicyclic amines) is 1. The Kier molecular flexibility index (Phi) is 5.05. The van der Waals surface area contributed by atoms with Crippen molar-refractivity contribution in [1.82, 2.24) is 19.5 Å². The molecule has 3 aromatic rings. The van der Waals surface area contributed by atoms with Gasteiger partial charge >= 0.3 is 0 Å². The van der Waals surface area contributed by atoms with Crippen molar-refractivity contribution in [3.05, 3.63) is 64.6 Å². The third-order valence-corrected chi connectivity index (χ3v) is 6.43. The molecular weight excluding hydrogens is 376 g/mol. The number of carbonyl (C=O) groups excluding carboxylic acids is 1. The molecule has 0 saturated carbocycles. The van der Waals surface area contributed by atoms with Crippen LogP contribution in [0.2, 0.25) is 0 Å². The van der Waals surface area contributed by atoms with Crippen molar-refractivity contribution in [3.63, 3.8) is 0 Å². The summed E-state index contributed by atoms with van der Waals surface area (Å²) in [6.07, 6.45) is 8.49. The van der Waals surface area contributed by atoms with Gasteiger partial charge in [-0.15, -0.1) is 0 Å². The van der Waals surface area contributed by atoms with E-state index in [1.807, 2.05) is 0 Å². The number of hydroxylamine groups is 2. The van der Waals surface area contributed by atoms with Gasteiger partial charge < -0.3 is 4.57 Å². The minimum Gasteiger partial charge on any atom is -0.341 e. The second-order valence-corrected chi connectivity index (χ2v) is 8.63. The number of fused-ring (bicyclic) bond motifs is 3. The van der Waals surface area contributed by atoms with Crippen LogP contribution in [0.4, 0.5) is 0 Å². The van der Waals surface area contributed by atoms with Crippen molar-refractivity contribution in [3.8, 4) is 0 Å². The first kappa shape index (κ1) is 19.3. The molecule has 0 unspecified atom stereocenters. The van der Waals surface area contributed by atoms with E-state index in [0.29, 0.717) is 18.7 Å². The molecular formula is C24H28N4O2. The maximum atomic E-state index is 12.5. The van der Waals surface area contributed by atoms with E-state index >= 15 is 0 Å². The van der Waals surface area contributed by atoms with Crippen LogP contribution in [-0.4, -0.2) is 50.3 Å². The SMILES string of the molecule is Cc1ccc(Cn2cc(CN3CCCCC3)c3c4c(ncc32)C(=O)N(O)CC4)cc1. The highest BCUT2D eigenvalue weighted by atomic mass is 16.5. The Morgan fingerprint density at radius 3 is 2.57 bits per heavy atom. The number of aryl methyl sites for hydroxylation is 1. The summed E-state index contributed by atoms with van der Waals surface area (Å²) in [6.45, 7) is 6.34. The van der Waals surface area contributed by atoms with Gasteiger partial charge in [-0.3, -0.25) is 14.9 Å². The molecule has 0 radical (unpaired) electrons. The van der Waals surface area contributed by atoms with Gasteiger partial charge in [0.1, 0.15) is 5.69 Å². The lowest BCUT2D eigenvalue weighted by molar-refractivity contribution is -0.0606. The zero-order chi connectivity index (χ0) is 20.7. The number of carbonyl (C=O) groups is 1. The van der Waals surface area contributed by atoms with E-state index in [1.165, 1.54) is 36.0 Å². The Bertz CT molecular complexity index is 1080. The second-order valence-electron chi connectivity index (χ2n) is 8.63. The third-order valence-electron chi connectivity index (χ3n) is 6.43. The van der Waals surface area contributed by atoms with Gasteiger partial charge in [0.15, 0.2) is 0 Å². The lowest BCUT2D eigenvalue weighted by Gasteiger charge is -2.27. The van der Waals surface area contributed by atoms with Gasteiger partial charge in [-0.25, -0.2) is 10.0 Å². The highest BCUT2D eigenvalue weighted by Gasteiger charge is 2.28. The number of benzene rings is 1. The quantitative estimate of drug-likeness (QED) is 0.673. The molecule has 1 saturated heterocycles. The Morgan fingerprint density at radius 1 is 1.03 bits per heavy atom. The second kappa shape index (κ2) is 7.85. The fourth-order valence-electron chi connectivity index (χ4n) is 4.81. The first-order chi connectivity index (χ1) is 14.6. The summed E-state index contributed by atoms with van der Waals surface area (Å²) in [5.74, 6) is -0.395. The van der Waals surface area contributed by atoms with Crippen LogP contribution in [0.5, 0.6) is 0 Å². The molecule has 0 spiro atoms. The highest BCUT2D eigenvalue weighted by molar-refractivity contribution is 6.00. The Hall–Kier alpha value is -2.70. The summed E-state index contributed by atoms with van der Waals surface area (Å²) >= 11 is 0. The van der Waals surface area contributed by atoms with E-state index in [2.05, 4.69) is 51.8 Å². The standard InChI is InChI=1S/C24H28N4O2/c1-17-5-7-18(8-6-17)14-27-16-19(15-26-10-3-2-4-11-26)22-20-9-12-28(30)24(29)23(20)25-13-21(22)27/h5-8,13,16,30H,2-4,9-12,14-15H2,1H3. The van der Waals surface area contributed by atoms with Crippen molar-refractivity contribution in [2.75, 3.05) is 19.6 Å². The maximum absolute atomic E-state index is 12.5. The van der Waals surface area contributed by atoms with Gasteiger partial charge in [-0.2, -0.15) is 0 Å². The van der Waals surface area contributed by atoms with Crippen LogP contribution >= 0.6 is 0 Å². The van der Waals surface area contributed by atoms with Crippen LogP contribution in [0.25, 0.3) is 10.9 Å². The summed E-state index contributed by atoms with van der Waals surface area (Å²) < 4.78 is 2.27. The molecule has 2 aromatic heterocycles. The molecule has 0 bridgehead atoms. The summed E-state index contributed by atoms with van der Waals surface area (Å²) in [7, 11) is 0. The number of hydrogen-bond donors (Lipinski definition) is 1. The molecule has 0 atom stereocenters. The fraction of sp³-hybridized carbons (Fsp3) is 0.417. The lowest BCUT2D eigenvalue weighted by Crippen LogP contribution is -2.35. The molecule has 4 heterocycles. The molecule has 6 nitrogen and oxygen atoms in total. The third kappa shape index (κ3) is 3.50.